The summed E-state index contributed by atoms with van der Waals surface area (Å²) in [7, 11) is 0. The average molecular weight is 521 g/mol. The van der Waals surface area contributed by atoms with Crippen LogP contribution in [0.5, 0.6) is 0 Å². The first-order valence-corrected chi connectivity index (χ1v) is 10.6. The maximum atomic E-state index is 6.61. The number of hydrogen-bond donors (Lipinski definition) is 0. The Bertz CT molecular complexity index is 485. The minimum absolute atomic E-state index is 0.0382. The third-order valence-corrected chi connectivity index (χ3v) is 7.39. The third-order valence-electron chi connectivity index (χ3n) is 4.50. The molecule has 1 spiro atoms. The van der Waals surface area contributed by atoms with Crippen molar-refractivity contribution in [3.05, 3.63) is 16.8 Å². The van der Waals surface area contributed by atoms with Gasteiger partial charge in [0.2, 0.25) is 0 Å². The second-order valence-corrected chi connectivity index (χ2v) is 9.29. The fourth-order valence-corrected chi connectivity index (χ4v) is 5.31. The maximum Gasteiger partial charge on any atom is 0.182 e. The highest BCUT2D eigenvalue weighted by Gasteiger charge is 2.58. The molecule has 8 unspecified atom stereocenters. The topological polar surface area (TPSA) is 27.7 Å². The summed E-state index contributed by atoms with van der Waals surface area (Å²) in [4.78, 5) is 2.08. The van der Waals surface area contributed by atoms with Crippen LogP contribution < -0.4 is 0 Å². The molecule has 0 aromatic rings. The smallest absolute Gasteiger partial charge is 0.182 e. The van der Waals surface area contributed by atoms with E-state index < -0.39 is 5.79 Å². The molecule has 0 aromatic heterocycles. The number of halogens is 4. The maximum absolute atomic E-state index is 6.61. The van der Waals surface area contributed by atoms with Crippen molar-refractivity contribution in [2.75, 3.05) is 0 Å². The van der Waals surface area contributed by atoms with Crippen molar-refractivity contribution in [1.29, 1.82) is 0 Å². The van der Waals surface area contributed by atoms with E-state index in [1.54, 1.807) is 4.99 Å². The molecular weight excluding hydrogens is 503 g/mol. The van der Waals surface area contributed by atoms with Crippen LogP contribution in [0.2, 0.25) is 0 Å². The van der Waals surface area contributed by atoms with E-state index in [0.29, 0.717) is 0 Å². The highest BCUT2D eigenvalue weighted by Crippen LogP contribution is 2.50. The number of fused-ring (bicyclic) bond motifs is 2. The van der Waals surface area contributed by atoms with Gasteiger partial charge in [0.25, 0.3) is 0 Å². The molecule has 3 nitrogen and oxygen atoms in total. The second kappa shape index (κ2) is 7.17. The molecule has 3 saturated heterocycles. The van der Waals surface area contributed by atoms with E-state index in [-0.39, 0.29) is 39.4 Å². The lowest BCUT2D eigenvalue weighted by Gasteiger charge is -2.33. The van der Waals surface area contributed by atoms with Crippen LogP contribution in [-0.2, 0) is 14.2 Å². The van der Waals surface area contributed by atoms with Gasteiger partial charge in [0.1, 0.15) is 0 Å². The monoisotopic (exact) mass is 518 g/mol. The van der Waals surface area contributed by atoms with E-state index >= 15 is 0 Å². The lowest BCUT2D eigenvalue weighted by Crippen LogP contribution is -2.41. The Morgan fingerprint density at radius 3 is 2.68 bits per heavy atom. The summed E-state index contributed by atoms with van der Waals surface area (Å²) in [5.74, 6) is -0.576. The molecule has 124 valence electrons. The molecule has 0 saturated carbocycles. The quantitative estimate of drug-likeness (QED) is 0.372. The van der Waals surface area contributed by atoms with Crippen molar-refractivity contribution >= 4 is 59.4 Å². The van der Waals surface area contributed by atoms with Crippen LogP contribution in [0.15, 0.2) is 16.8 Å². The normalized spacial score (nSPS) is 51.2. The summed E-state index contributed by atoms with van der Waals surface area (Å²) in [6, 6.07) is 0. The van der Waals surface area contributed by atoms with Crippen molar-refractivity contribution in [2.45, 2.75) is 71.4 Å². The van der Waals surface area contributed by atoms with E-state index in [0.717, 1.165) is 19.3 Å². The van der Waals surface area contributed by atoms with Crippen LogP contribution in [0.4, 0.5) is 0 Å². The molecule has 0 N–H and O–H groups in total. The minimum Gasteiger partial charge on any atom is -0.369 e. The molecule has 3 heterocycles. The fourth-order valence-electron chi connectivity index (χ4n) is 3.40. The Hall–Kier alpha value is 1.13. The van der Waals surface area contributed by atoms with E-state index in [2.05, 4.69) is 53.5 Å². The number of ether oxygens (including phenoxy) is 3. The lowest BCUT2D eigenvalue weighted by atomic mass is 10.0. The summed E-state index contributed by atoms with van der Waals surface area (Å²) < 4.78 is 18.7. The number of hydrogen-bond acceptors (Lipinski definition) is 3. The highest BCUT2D eigenvalue weighted by atomic mass is 79.9. The molecule has 0 aliphatic carbocycles. The van der Waals surface area contributed by atoms with Crippen LogP contribution >= 0.6 is 59.4 Å². The van der Waals surface area contributed by atoms with Gasteiger partial charge in [-0.15, -0.1) is 17.3 Å². The molecule has 3 aliphatic heterocycles. The zero-order chi connectivity index (χ0) is 15.9. The van der Waals surface area contributed by atoms with Crippen molar-refractivity contribution in [3.63, 3.8) is 0 Å². The van der Waals surface area contributed by atoms with E-state index in [1.165, 1.54) is 0 Å². The van der Waals surface area contributed by atoms with Gasteiger partial charge in [-0.1, -0.05) is 47.8 Å². The van der Waals surface area contributed by atoms with E-state index in [9.17, 15) is 0 Å². The zero-order valence-electron chi connectivity index (χ0n) is 12.1. The lowest BCUT2D eigenvalue weighted by molar-refractivity contribution is -0.225. The molecular formula is C15H18Br3ClO3. The average Bonchev–Trinajstić information content (AvgIpc) is 2.95. The summed E-state index contributed by atoms with van der Waals surface area (Å²) in [6.07, 6.45) is 4.07. The van der Waals surface area contributed by atoms with Crippen LogP contribution in [0.25, 0.3) is 0 Å². The SMILES string of the molecule is CC1OC(C=C=CBr)CC2OC3(CC2Br)OC(CC3Br)C1Cl. The Kier molecular flexibility index (Phi) is 5.84. The summed E-state index contributed by atoms with van der Waals surface area (Å²) in [5.41, 5.74) is 3.04. The van der Waals surface area contributed by atoms with Crippen LogP contribution in [0.3, 0.4) is 0 Å². The fraction of sp³-hybridized carbons (Fsp3) is 0.800. The molecule has 3 bridgehead atoms. The molecule has 7 heteroatoms. The molecule has 8 atom stereocenters. The molecule has 22 heavy (non-hydrogen) atoms. The molecule has 0 radical (unpaired) electrons. The standard InChI is InChI=1S/C15H18Br3ClO3/c1-8-14(19)12-6-13(18)15(22-12)7-10(17)11(21-15)5-9(20-8)3-2-4-16/h3-4,8-14H,5-7H2,1H3. The Labute approximate surface area is 161 Å². The predicted molar refractivity (Wildman–Crippen MR) is 97.3 cm³/mol. The van der Waals surface area contributed by atoms with Crippen LogP contribution in [0, 0.1) is 0 Å². The van der Waals surface area contributed by atoms with Gasteiger partial charge in [0, 0.05) is 22.7 Å². The molecule has 0 aromatic carbocycles. The molecule has 3 rings (SSSR count). The minimum atomic E-state index is -0.576. The first-order valence-electron chi connectivity index (χ1n) is 7.40. The van der Waals surface area contributed by atoms with Gasteiger partial charge in [-0.2, -0.15) is 0 Å². The zero-order valence-corrected chi connectivity index (χ0v) is 17.6. The van der Waals surface area contributed by atoms with Gasteiger partial charge in [0.05, 0.1) is 34.6 Å². The van der Waals surface area contributed by atoms with Gasteiger partial charge >= 0.3 is 0 Å². The molecule has 3 aliphatic rings. The predicted octanol–water partition coefficient (Wildman–Crippen LogP) is 4.64. The Morgan fingerprint density at radius 2 is 1.95 bits per heavy atom. The van der Waals surface area contributed by atoms with Crippen molar-refractivity contribution in [3.8, 4) is 0 Å². The summed E-state index contributed by atoms with van der Waals surface area (Å²) in [5, 5.41) is -0.210. The number of alkyl halides is 3. The van der Waals surface area contributed by atoms with E-state index in [4.69, 9.17) is 25.8 Å². The van der Waals surface area contributed by atoms with Crippen LogP contribution in [0.1, 0.15) is 26.2 Å². The first kappa shape index (κ1) is 17.9. The number of rotatable bonds is 1. The Morgan fingerprint density at radius 1 is 1.23 bits per heavy atom. The molecule has 3 fully saturated rings. The summed E-state index contributed by atoms with van der Waals surface area (Å²) >= 11 is 17.3. The van der Waals surface area contributed by atoms with Crippen molar-refractivity contribution < 1.29 is 14.2 Å². The van der Waals surface area contributed by atoms with Crippen molar-refractivity contribution in [1.82, 2.24) is 0 Å². The van der Waals surface area contributed by atoms with Gasteiger partial charge in [-0.25, -0.2) is 0 Å². The summed E-state index contributed by atoms with van der Waals surface area (Å²) in [6.45, 7) is 2.00. The van der Waals surface area contributed by atoms with Gasteiger partial charge in [-0.05, 0) is 19.4 Å². The first-order chi connectivity index (χ1) is 10.4. The largest absolute Gasteiger partial charge is 0.369 e. The highest BCUT2D eigenvalue weighted by molar-refractivity contribution is 9.11. The van der Waals surface area contributed by atoms with Gasteiger partial charge in [0.15, 0.2) is 5.79 Å². The van der Waals surface area contributed by atoms with E-state index in [1.807, 2.05) is 13.0 Å². The van der Waals surface area contributed by atoms with Gasteiger partial charge in [-0.3, -0.25) is 0 Å². The third kappa shape index (κ3) is 3.41. The van der Waals surface area contributed by atoms with Crippen molar-refractivity contribution in [2.24, 2.45) is 0 Å². The Balaban J connectivity index is 1.90. The molecule has 0 amide bonds. The second-order valence-electron chi connectivity index (χ2n) is 6.05. The van der Waals surface area contributed by atoms with Gasteiger partial charge < -0.3 is 14.2 Å². The van der Waals surface area contributed by atoms with Crippen LogP contribution in [-0.4, -0.2) is 45.2 Å².